The monoisotopic (exact) mass is 379 g/mol. The molecule has 0 amide bonds. The van der Waals surface area contributed by atoms with Crippen molar-refractivity contribution in [2.75, 3.05) is 10.8 Å². The molecule has 0 bridgehead atoms. The molecule has 0 saturated carbocycles. The van der Waals surface area contributed by atoms with Crippen LogP contribution in [0.1, 0.15) is 26.3 Å². The van der Waals surface area contributed by atoms with Crippen molar-refractivity contribution in [1.82, 2.24) is 0 Å². The summed E-state index contributed by atoms with van der Waals surface area (Å²) in [6, 6.07) is 20.6. The highest BCUT2D eigenvalue weighted by Gasteiger charge is 2.29. The lowest BCUT2D eigenvalue weighted by Crippen LogP contribution is -2.33. The van der Waals surface area contributed by atoms with Gasteiger partial charge in [0, 0.05) is 5.39 Å². The maximum absolute atomic E-state index is 13.7. The quantitative estimate of drug-likeness (QED) is 0.548. The van der Waals surface area contributed by atoms with Crippen LogP contribution in [-0.2, 0) is 15.4 Å². The lowest BCUT2D eigenvalue weighted by Gasteiger charge is -2.30. The lowest BCUT2D eigenvalue weighted by atomic mass is 9.86. The van der Waals surface area contributed by atoms with E-state index in [1.54, 1.807) is 18.2 Å². The van der Waals surface area contributed by atoms with Crippen LogP contribution in [0.2, 0.25) is 0 Å². The Morgan fingerprint density at radius 3 is 2.26 bits per heavy atom. The number of anilines is 1. The second-order valence-corrected chi connectivity index (χ2v) is 9.40. The first-order valence-corrected chi connectivity index (χ1v) is 10.4. The smallest absolute Gasteiger partial charge is 0.262 e. The zero-order chi connectivity index (χ0) is 19.7. The summed E-state index contributed by atoms with van der Waals surface area (Å²) in [4.78, 5) is 0.311. The summed E-state index contributed by atoms with van der Waals surface area (Å²) in [5.74, 6) is 0. The van der Waals surface area contributed by atoms with E-state index in [1.807, 2.05) is 54.6 Å². The molecule has 0 unspecified atom stereocenters. The van der Waals surface area contributed by atoms with E-state index in [-0.39, 0.29) is 12.0 Å². The summed E-state index contributed by atoms with van der Waals surface area (Å²) >= 11 is 0. The van der Waals surface area contributed by atoms with Crippen molar-refractivity contribution in [3.8, 4) is 0 Å². The maximum atomic E-state index is 13.7. The molecule has 0 aliphatic carbocycles. The third-order valence-electron chi connectivity index (χ3n) is 4.59. The molecular formula is C23H25NO2S. The minimum atomic E-state index is -3.76. The molecule has 27 heavy (non-hydrogen) atoms. The summed E-state index contributed by atoms with van der Waals surface area (Å²) < 4.78 is 28.8. The van der Waals surface area contributed by atoms with Crippen LogP contribution < -0.4 is 4.31 Å². The fraction of sp³-hybridized carbons (Fsp3) is 0.217. The van der Waals surface area contributed by atoms with Gasteiger partial charge in [-0.2, -0.15) is 0 Å². The molecule has 0 aliphatic rings. The van der Waals surface area contributed by atoms with Crippen LogP contribution in [0, 0.1) is 0 Å². The van der Waals surface area contributed by atoms with Crippen LogP contribution in [-0.4, -0.2) is 15.0 Å². The van der Waals surface area contributed by atoms with Gasteiger partial charge in [0.1, 0.15) is 0 Å². The molecule has 0 spiro atoms. The summed E-state index contributed by atoms with van der Waals surface area (Å²) in [5.41, 5.74) is 1.48. The molecule has 3 aromatic carbocycles. The highest BCUT2D eigenvalue weighted by Crippen LogP contribution is 2.36. The number of nitrogens with zero attached hydrogens (tertiary/aromatic N) is 1. The van der Waals surface area contributed by atoms with Gasteiger partial charge in [0.15, 0.2) is 0 Å². The second kappa shape index (κ2) is 7.20. The van der Waals surface area contributed by atoms with Crippen molar-refractivity contribution >= 4 is 26.5 Å². The minimum Gasteiger partial charge on any atom is -0.262 e. The lowest BCUT2D eigenvalue weighted by molar-refractivity contribution is 0.583. The van der Waals surface area contributed by atoms with Crippen molar-refractivity contribution < 1.29 is 8.42 Å². The summed E-state index contributed by atoms with van der Waals surface area (Å²) in [6.07, 6.45) is 1.63. The Labute approximate surface area is 162 Å². The number of hydrogen-bond donors (Lipinski definition) is 0. The van der Waals surface area contributed by atoms with Crippen LogP contribution >= 0.6 is 0 Å². The number of hydrogen-bond acceptors (Lipinski definition) is 2. The molecule has 0 aromatic heterocycles. The maximum Gasteiger partial charge on any atom is 0.265 e. The SMILES string of the molecule is C=CCN(c1ccccc1C(C)(C)C)S(=O)(=O)c1cccc2ccccc12. The molecule has 4 heteroatoms. The Balaban J connectivity index is 2.26. The van der Waals surface area contributed by atoms with Gasteiger partial charge in [0.05, 0.1) is 17.1 Å². The first kappa shape index (κ1) is 19.2. The first-order chi connectivity index (χ1) is 12.8. The van der Waals surface area contributed by atoms with Gasteiger partial charge in [-0.1, -0.05) is 81.4 Å². The molecule has 3 aromatic rings. The minimum absolute atomic E-state index is 0.190. The fourth-order valence-electron chi connectivity index (χ4n) is 3.31. The van der Waals surface area contributed by atoms with Crippen molar-refractivity contribution in [3.05, 3.63) is 84.9 Å². The summed E-state index contributed by atoms with van der Waals surface area (Å²) in [7, 11) is -3.76. The first-order valence-electron chi connectivity index (χ1n) is 8.98. The van der Waals surface area contributed by atoms with Crippen LogP contribution in [0.25, 0.3) is 10.8 Å². The number of benzene rings is 3. The van der Waals surface area contributed by atoms with Gasteiger partial charge < -0.3 is 0 Å². The van der Waals surface area contributed by atoms with Crippen LogP contribution in [0.15, 0.2) is 84.3 Å². The molecule has 3 nitrogen and oxygen atoms in total. The molecule has 0 aliphatic heterocycles. The molecule has 140 valence electrons. The van der Waals surface area contributed by atoms with Crippen molar-refractivity contribution in [2.24, 2.45) is 0 Å². The summed E-state index contributed by atoms with van der Waals surface area (Å²) in [5, 5.41) is 1.63. The highest BCUT2D eigenvalue weighted by molar-refractivity contribution is 7.93. The zero-order valence-corrected chi connectivity index (χ0v) is 16.8. The van der Waals surface area contributed by atoms with Gasteiger partial charge in [0.2, 0.25) is 0 Å². The Hall–Kier alpha value is -2.59. The van der Waals surface area contributed by atoms with Crippen LogP contribution in [0.5, 0.6) is 0 Å². The molecule has 0 atom stereocenters. The van der Waals surface area contributed by atoms with E-state index in [0.29, 0.717) is 10.6 Å². The normalized spacial score (nSPS) is 12.1. The van der Waals surface area contributed by atoms with Gasteiger partial charge in [0.25, 0.3) is 10.0 Å². The van der Waals surface area contributed by atoms with Gasteiger partial charge in [-0.15, -0.1) is 6.58 Å². The Morgan fingerprint density at radius 1 is 0.926 bits per heavy atom. The predicted octanol–water partition coefficient (Wildman–Crippen LogP) is 5.52. The number of rotatable bonds is 5. The average Bonchev–Trinajstić information content (AvgIpc) is 2.64. The van der Waals surface area contributed by atoms with Gasteiger partial charge in [-0.3, -0.25) is 4.31 Å². The molecule has 0 saturated heterocycles. The van der Waals surface area contributed by atoms with E-state index < -0.39 is 10.0 Å². The highest BCUT2D eigenvalue weighted by atomic mass is 32.2. The Morgan fingerprint density at radius 2 is 1.56 bits per heavy atom. The molecule has 0 radical (unpaired) electrons. The van der Waals surface area contributed by atoms with E-state index >= 15 is 0 Å². The van der Waals surface area contributed by atoms with Crippen molar-refractivity contribution in [1.29, 1.82) is 0 Å². The molecule has 0 heterocycles. The zero-order valence-electron chi connectivity index (χ0n) is 16.0. The van der Waals surface area contributed by atoms with Crippen LogP contribution in [0.4, 0.5) is 5.69 Å². The van der Waals surface area contributed by atoms with Crippen molar-refractivity contribution in [2.45, 2.75) is 31.1 Å². The van der Waals surface area contributed by atoms with E-state index in [0.717, 1.165) is 16.3 Å². The fourth-order valence-corrected chi connectivity index (χ4v) is 4.98. The number of sulfonamides is 1. The third-order valence-corrected chi connectivity index (χ3v) is 6.43. The Bertz CT molecular complexity index is 1070. The van der Waals surface area contributed by atoms with E-state index in [4.69, 9.17) is 0 Å². The van der Waals surface area contributed by atoms with Gasteiger partial charge in [-0.25, -0.2) is 8.42 Å². The molecular weight excluding hydrogens is 354 g/mol. The van der Waals surface area contributed by atoms with E-state index in [9.17, 15) is 8.42 Å². The van der Waals surface area contributed by atoms with Gasteiger partial charge >= 0.3 is 0 Å². The molecule has 0 fully saturated rings. The number of para-hydroxylation sites is 1. The largest absolute Gasteiger partial charge is 0.265 e. The predicted molar refractivity (Wildman–Crippen MR) is 114 cm³/mol. The van der Waals surface area contributed by atoms with Gasteiger partial charge in [-0.05, 0) is 28.5 Å². The topological polar surface area (TPSA) is 37.4 Å². The second-order valence-electron chi connectivity index (χ2n) is 7.57. The Kier molecular flexibility index (Phi) is 5.11. The van der Waals surface area contributed by atoms with E-state index in [1.165, 1.54) is 4.31 Å². The van der Waals surface area contributed by atoms with E-state index in [2.05, 4.69) is 27.4 Å². The third kappa shape index (κ3) is 3.62. The molecule has 0 N–H and O–H groups in total. The van der Waals surface area contributed by atoms with Crippen molar-refractivity contribution in [3.63, 3.8) is 0 Å². The standard InChI is InChI=1S/C23H25NO2S/c1-5-17-24(21-15-9-8-14-20(21)23(2,3)4)27(25,26)22-16-10-12-18-11-6-7-13-19(18)22/h5-16H,1,17H2,2-4H3. The number of fused-ring (bicyclic) bond motifs is 1. The average molecular weight is 380 g/mol. The summed E-state index contributed by atoms with van der Waals surface area (Å²) in [6.45, 7) is 10.2. The molecule has 3 rings (SSSR count). The van der Waals surface area contributed by atoms with Crippen LogP contribution in [0.3, 0.4) is 0 Å².